The molecule has 0 radical (unpaired) electrons. The van der Waals surface area contributed by atoms with Crippen molar-refractivity contribution < 1.29 is 9.53 Å². The molecule has 7 heteroatoms. The molecule has 1 aromatic rings. The minimum Gasteiger partial charge on any atom is -0.367 e. The van der Waals surface area contributed by atoms with E-state index in [4.69, 9.17) is 4.74 Å². The molecule has 3 heterocycles. The molecule has 0 spiro atoms. The molecule has 2 fully saturated rings. The van der Waals surface area contributed by atoms with Crippen molar-refractivity contribution in [1.82, 2.24) is 20.1 Å². The number of hydrogen-bond donors (Lipinski definition) is 1. The van der Waals surface area contributed by atoms with Gasteiger partial charge in [-0.2, -0.15) is 0 Å². The van der Waals surface area contributed by atoms with Crippen molar-refractivity contribution in [3.05, 3.63) is 16.1 Å². The lowest BCUT2D eigenvalue weighted by atomic mass is 10.1. The van der Waals surface area contributed by atoms with Gasteiger partial charge in [-0.1, -0.05) is 6.92 Å². The van der Waals surface area contributed by atoms with Crippen molar-refractivity contribution in [2.75, 3.05) is 39.3 Å². The van der Waals surface area contributed by atoms with Gasteiger partial charge in [0, 0.05) is 30.2 Å². The number of piperidine rings is 1. The van der Waals surface area contributed by atoms with Crippen LogP contribution in [0, 0.1) is 6.92 Å². The summed E-state index contributed by atoms with van der Waals surface area (Å²) >= 11 is 1.61. The number of rotatable bonds is 3. The lowest BCUT2D eigenvalue weighted by Crippen LogP contribution is -2.53. The number of carbonyl (C=O) groups excluding carboxylic acids is 1. The van der Waals surface area contributed by atoms with Crippen LogP contribution in [0.15, 0.2) is 5.38 Å². The molecule has 1 N–H and O–H groups in total. The highest BCUT2D eigenvalue weighted by atomic mass is 32.1. The molecule has 2 atom stereocenters. The lowest BCUT2D eigenvalue weighted by molar-refractivity contribution is -0.0162. The minimum atomic E-state index is -0.0910. The number of hydrogen-bond acceptors (Lipinski definition) is 5. The Hall–Kier alpha value is -1.18. The molecule has 0 saturated carbocycles. The number of thiazole rings is 1. The van der Waals surface area contributed by atoms with Crippen molar-refractivity contribution in [1.29, 1.82) is 0 Å². The number of carbonyl (C=O) groups is 1. The maximum Gasteiger partial charge on any atom is 0.317 e. The Morgan fingerprint density at radius 2 is 2.35 bits per heavy atom. The second-order valence-corrected chi connectivity index (χ2v) is 7.20. The summed E-state index contributed by atoms with van der Waals surface area (Å²) in [7, 11) is 0. The summed E-state index contributed by atoms with van der Waals surface area (Å²) in [5, 5.41) is 6.20. The van der Waals surface area contributed by atoms with E-state index in [1.807, 2.05) is 17.2 Å². The van der Waals surface area contributed by atoms with Crippen LogP contribution >= 0.6 is 11.3 Å². The van der Waals surface area contributed by atoms with Crippen LogP contribution in [0.2, 0.25) is 0 Å². The number of ether oxygens (including phenoxy) is 1. The number of amides is 2. The maximum atomic E-state index is 12.6. The number of likely N-dealkylation sites (N-methyl/N-ethyl adjacent to an activating group) is 1. The van der Waals surface area contributed by atoms with E-state index < -0.39 is 0 Å². The molecule has 2 unspecified atom stereocenters. The highest BCUT2D eigenvalue weighted by Gasteiger charge is 2.29. The van der Waals surface area contributed by atoms with Gasteiger partial charge < -0.3 is 19.9 Å². The van der Waals surface area contributed by atoms with Crippen LogP contribution in [0.1, 0.15) is 36.6 Å². The molecule has 23 heavy (non-hydrogen) atoms. The summed E-state index contributed by atoms with van der Waals surface area (Å²) in [5.41, 5.74) is 1.01. The molecule has 2 aliphatic heterocycles. The Balaban J connectivity index is 1.54. The van der Waals surface area contributed by atoms with Gasteiger partial charge in [-0.05, 0) is 32.9 Å². The van der Waals surface area contributed by atoms with Crippen molar-refractivity contribution in [2.45, 2.75) is 38.8 Å². The number of nitrogens with one attached hydrogen (secondary N) is 1. The number of aryl methyl sites for hydroxylation is 1. The predicted octanol–water partition coefficient (Wildman–Crippen LogP) is 2.02. The Morgan fingerprint density at radius 3 is 3.09 bits per heavy atom. The van der Waals surface area contributed by atoms with E-state index in [1.165, 1.54) is 0 Å². The van der Waals surface area contributed by atoms with E-state index in [0.717, 1.165) is 43.2 Å². The molecule has 0 aliphatic carbocycles. The van der Waals surface area contributed by atoms with E-state index in [-0.39, 0.29) is 18.2 Å². The van der Waals surface area contributed by atoms with E-state index >= 15 is 0 Å². The summed E-state index contributed by atoms with van der Waals surface area (Å²) in [6.07, 6.45) is 2.14. The van der Waals surface area contributed by atoms with Gasteiger partial charge in [-0.3, -0.25) is 0 Å². The molecule has 2 aliphatic rings. The molecule has 2 saturated heterocycles. The van der Waals surface area contributed by atoms with Crippen LogP contribution in [-0.2, 0) is 4.74 Å². The van der Waals surface area contributed by atoms with Crippen molar-refractivity contribution >= 4 is 17.4 Å². The van der Waals surface area contributed by atoms with Gasteiger partial charge in [0.05, 0.1) is 13.2 Å². The van der Waals surface area contributed by atoms with Crippen LogP contribution in [0.25, 0.3) is 0 Å². The Morgan fingerprint density at radius 1 is 1.48 bits per heavy atom. The largest absolute Gasteiger partial charge is 0.367 e. The fraction of sp³-hybridized carbons (Fsp3) is 0.750. The molecular formula is C16H26N4O2S. The molecule has 3 rings (SSSR count). The van der Waals surface area contributed by atoms with Crippen LogP contribution in [0.4, 0.5) is 4.79 Å². The second-order valence-electron chi connectivity index (χ2n) is 6.31. The van der Waals surface area contributed by atoms with Crippen LogP contribution < -0.4 is 5.32 Å². The molecule has 0 aromatic carbocycles. The second kappa shape index (κ2) is 7.59. The molecule has 128 valence electrons. The van der Waals surface area contributed by atoms with Crippen molar-refractivity contribution in [3.8, 4) is 0 Å². The topological polar surface area (TPSA) is 57.7 Å². The van der Waals surface area contributed by atoms with Gasteiger partial charge in [0.2, 0.25) is 0 Å². The number of aromatic nitrogens is 1. The Kier molecular flexibility index (Phi) is 5.50. The summed E-state index contributed by atoms with van der Waals surface area (Å²) < 4.78 is 5.80. The number of likely N-dealkylation sites (tertiary alicyclic amines) is 1. The predicted molar refractivity (Wildman–Crippen MR) is 90.8 cm³/mol. The molecule has 1 aromatic heterocycles. The maximum absolute atomic E-state index is 12.6. The zero-order valence-corrected chi connectivity index (χ0v) is 14.8. The number of morpholine rings is 1. The number of urea groups is 1. The van der Waals surface area contributed by atoms with Gasteiger partial charge in [0.25, 0.3) is 0 Å². The summed E-state index contributed by atoms with van der Waals surface area (Å²) in [5.74, 6) is 0. The standard InChI is InChI=1S/C16H26N4O2S/c1-3-19-6-4-5-13(9-19)18-16(21)20-7-8-22-14(10-20)15-17-12(2)11-23-15/h11,13-14H,3-10H2,1-2H3,(H,18,21). The van der Waals surface area contributed by atoms with Gasteiger partial charge in [-0.15, -0.1) is 11.3 Å². The molecule has 6 nitrogen and oxygen atoms in total. The van der Waals surface area contributed by atoms with E-state index in [1.54, 1.807) is 11.3 Å². The highest BCUT2D eigenvalue weighted by Crippen LogP contribution is 2.25. The van der Waals surface area contributed by atoms with Gasteiger partial charge in [0.15, 0.2) is 0 Å². The van der Waals surface area contributed by atoms with E-state index in [9.17, 15) is 4.79 Å². The first-order valence-electron chi connectivity index (χ1n) is 8.47. The molecule has 2 amide bonds. The first-order valence-corrected chi connectivity index (χ1v) is 9.35. The van der Waals surface area contributed by atoms with Gasteiger partial charge >= 0.3 is 6.03 Å². The third kappa shape index (κ3) is 4.22. The van der Waals surface area contributed by atoms with Crippen molar-refractivity contribution in [3.63, 3.8) is 0 Å². The summed E-state index contributed by atoms with van der Waals surface area (Å²) in [4.78, 5) is 21.3. The fourth-order valence-corrected chi connectivity index (χ4v) is 4.06. The SMILES string of the molecule is CCN1CCCC(NC(=O)N2CCOC(c3nc(C)cs3)C2)C1. The van der Waals surface area contributed by atoms with E-state index in [0.29, 0.717) is 19.7 Å². The quantitative estimate of drug-likeness (QED) is 0.916. The summed E-state index contributed by atoms with van der Waals surface area (Å²) in [6.45, 7) is 9.12. The zero-order chi connectivity index (χ0) is 16.2. The average molecular weight is 338 g/mol. The van der Waals surface area contributed by atoms with Gasteiger partial charge in [-0.25, -0.2) is 9.78 Å². The van der Waals surface area contributed by atoms with E-state index in [2.05, 4.69) is 22.1 Å². The lowest BCUT2D eigenvalue weighted by Gasteiger charge is -2.36. The highest BCUT2D eigenvalue weighted by molar-refractivity contribution is 7.09. The van der Waals surface area contributed by atoms with Crippen molar-refractivity contribution in [2.24, 2.45) is 0 Å². The van der Waals surface area contributed by atoms with Crippen LogP contribution in [0.3, 0.4) is 0 Å². The summed E-state index contributed by atoms with van der Waals surface area (Å²) in [6, 6.07) is 0.300. The Labute approximate surface area is 141 Å². The Bertz CT molecular complexity index is 536. The van der Waals surface area contributed by atoms with Crippen LogP contribution in [0.5, 0.6) is 0 Å². The first-order chi connectivity index (χ1) is 11.2. The number of nitrogens with zero attached hydrogens (tertiary/aromatic N) is 3. The molecular weight excluding hydrogens is 312 g/mol. The van der Waals surface area contributed by atoms with Gasteiger partial charge in [0.1, 0.15) is 11.1 Å². The fourth-order valence-electron chi connectivity index (χ4n) is 3.23. The zero-order valence-electron chi connectivity index (χ0n) is 14.0. The third-order valence-corrected chi connectivity index (χ3v) is 5.60. The van der Waals surface area contributed by atoms with Crippen LogP contribution in [-0.4, -0.2) is 66.2 Å². The normalized spacial score (nSPS) is 26.3. The molecule has 0 bridgehead atoms. The first kappa shape index (κ1) is 16.7. The minimum absolute atomic E-state index is 0.0366. The smallest absolute Gasteiger partial charge is 0.317 e. The average Bonchev–Trinajstić information content (AvgIpc) is 3.01. The monoisotopic (exact) mass is 338 g/mol. The third-order valence-electron chi connectivity index (χ3n) is 4.55.